The number of hydrogen-bond donors (Lipinski definition) is 1. The van der Waals surface area contributed by atoms with E-state index in [9.17, 15) is 8.42 Å². The SMILES string of the molecule is CCCS(=O)(=O)CCC1CCCCN1. The summed E-state index contributed by atoms with van der Waals surface area (Å²) in [5, 5.41) is 3.37. The number of piperidine rings is 1. The molecule has 1 saturated heterocycles. The van der Waals surface area contributed by atoms with Crippen LogP contribution < -0.4 is 5.32 Å². The minimum absolute atomic E-state index is 0.347. The zero-order valence-corrected chi connectivity index (χ0v) is 9.78. The molecule has 0 radical (unpaired) electrons. The fraction of sp³-hybridized carbons (Fsp3) is 1.00. The molecule has 84 valence electrons. The largest absolute Gasteiger partial charge is 0.314 e. The lowest BCUT2D eigenvalue weighted by atomic mass is 10.0. The maximum Gasteiger partial charge on any atom is 0.150 e. The molecule has 0 aliphatic carbocycles. The molecule has 0 bridgehead atoms. The topological polar surface area (TPSA) is 46.2 Å². The van der Waals surface area contributed by atoms with Crippen molar-refractivity contribution in [1.29, 1.82) is 0 Å². The molecule has 0 amide bonds. The lowest BCUT2D eigenvalue weighted by molar-refractivity contribution is 0.392. The molecule has 1 atom stereocenters. The monoisotopic (exact) mass is 219 g/mol. The molecule has 0 saturated carbocycles. The van der Waals surface area contributed by atoms with E-state index < -0.39 is 9.84 Å². The standard InChI is InChI=1S/C10H21NO2S/c1-2-8-14(12,13)9-6-10-5-3-4-7-11-10/h10-11H,2-9H2,1H3. The Hall–Kier alpha value is -0.0900. The molecule has 1 unspecified atom stereocenters. The molecule has 1 rings (SSSR count). The van der Waals surface area contributed by atoms with Crippen molar-refractivity contribution in [2.75, 3.05) is 18.1 Å². The van der Waals surface area contributed by atoms with Crippen molar-refractivity contribution in [3.05, 3.63) is 0 Å². The van der Waals surface area contributed by atoms with Gasteiger partial charge in [0.25, 0.3) is 0 Å². The average molecular weight is 219 g/mol. The van der Waals surface area contributed by atoms with Gasteiger partial charge in [0.05, 0.1) is 5.75 Å². The molecule has 14 heavy (non-hydrogen) atoms. The van der Waals surface area contributed by atoms with Gasteiger partial charge in [-0.2, -0.15) is 0 Å². The van der Waals surface area contributed by atoms with Gasteiger partial charge >= 0.3 is 0 Å². The van der Waals surface area contributed by atoms with Gasteiger partial charge in [-0.15, -0.1) is 0 Å². The third-order valence-electron chi connectivity index (χ3n) is 2.70. The Morgan fingerprint density at radius 1 is 1.29 bits per heavy atom. The van der Waals surface area contributed by atoms with Crippen molar-refractivity contribution in [2.45, 2.75) is 45.1 Å². The first-order valence-corrected chi connectivity index (χ1v) is 7.40. The smallest absolute Gasteiger partial charge is 0.150 e. The molecule has 1 heterocycles. The summed E-state index contributed by atoms with van der Waals surface area (Å²) in [5.74, 6) is 0.707. The predicted molar refractivity (Wildman–Crippen MR) is 59.2 cm³/mol. The summed E-state index contributed by atoms with van der Waals surface area (Å²) >= 11 is 0. The zero-order chi connectivity index (χ0) is 10.4. The maximum absolute atomic E-state index is 11.4. The van der Waals surface area contributed by atoms with Gasteiger partial charge in [-0.1, -0.05) is 13.3 Å². The van der Waals surface area contributed by atoms with Gasteiger partial charge in [-0.25, -0.2) is 8.42 Å². The average Bonchev–Trinajstić information content (AvgIpc) is 2.17. The molecule has 0 aromatic rings. The number of nitrogens with one attached hydrogen (secondary N) is 1. The van der Waals surface area contributed by atoms with Crippen molar-refractivity contribution in [3.63, 3.8) is 0 Å². The van der Waals surface area contributed by atoms with E-state index in [4.69, 9.17) is 0 Å². The van der Waals surface area contributed by atoms with Gasteiger partial charge in [0.1, 0.15) is 9.84 Å². The van der Waals surface area contributed by atoms with Crippen molar-refractivity contribution in [3.8, 4) is 0 Å². The number of rotatable bonds is 5. The highest BCUT2D eigenvalue weighted by Gasteiger charge is 2.16. The lowest BCUT2D eigenvalue weighted by Gasteiger charge is -2.23. The summed E-state index contributed by atoms with van der Waals surface area (Å²) in [6.45, 7) is 2.97. The van der Waals surface area contributed by atoms with E-state index in [-0.39, 0.29) is 0 Å². The predicted octanol–water partition coefficient (Wildman–Crippen LogP) is 1.34. The molecular weight excluding hydrogens is 198 g/mol. The summed E-state index contributed by atoms with van der Waals surface area (Å²) < 4.78 is 22.9. The molecular formula is C10H21NO2S. The second kappa shape index (κ2) is 5.71. The van der Waals surface area contributed by atoms with Gasteiger partial charge in [0, 0.05) is 11.8 Å². The van der Waals surface area contributed by atoms with Gasteiger partial charge in [-0.05, 0) is 32.2 Å². The van der Waals surface area contributed by atoms with E-state index >= 15 is 0 Å². The van der Waals surface area contributed by atoms with Crippen LogP contribution in [0.2, 0.25) is 0 Å². The van der Waals surface area contributed by atoms with Gasteiger partial charge in [0.2, 0.25) is 0 Å². The van der Waals surface area contributed by atoms with Crippen LogP contribution in [0.15, 0.2) is 0 Å². The quantitative estimate of drug-likeness (QED) is 0.759. The maximum atomic E-state index is 11.4. The first-order chi connectivity index (χ1) is 6.64. The van der Waals surface area contributed by atoms with Crippen LogP contribution in [0.5, 0.6) is 0 Å². The lowest BCUT2D eigenvalue weighted by Crippen LogP contribution is -2.35. The van der Waals surface area contributed by atoms with Gasteiger partial charge < -0.3 is 5.32 Å². The van der Waals surface area contributed by atoms with Crippen molar-refractivity contribution >= 4 is 9.84 Å². The van der Waals surface area contributed by atoms with Crippen LogP contribution in [0.25, 0.3) is 0 Å². The third kappa shape index (κ3) is 4.42. The summed E-state index contributed by atoms with van der Waals surface area (Å²) in [6, 6.07) is 0.440. The highest BCUT2D eigenvalue weighted by molar-refractivity contribution is 7.91. The summed E-state index contributed by atoms with van der Waals surface area (Å²) in [6.07, 6.45) is 5.15. The van der Waals surface area contributed by atoms with Gasteiger partial charge in [-0.3, -0.25) is 0 Å². The molecule has 1 N–H and O–H groups in total. The van der Waals surface area contributed by atoms with Crippen LogP contribution in [0.4, 0.5) is 0 Å². The van der Waals surface area contributed by atoms with E-state index in [0.29, 0.717) is 17.5 Å². The Morgan fingerprint density at radius 2 is 2.07 bits per heavy atom. The van der Waals surface area contributed by atoms with Crippen LogP contribution in [-0.4, -0.2) is 32.5 Å². The van der Waals surface area contributed by atoms with Crippen molar-refractivity contribution in [1.82, 2.24) is 5.32 Å². The summed E-state index contributed by atoms with van der Waals surface area (Å²) in [4.78, 5) is 0. The fourth-order valence-electron chi connectivity index (χ4n) is 1.91. The van der Waals surface area contributed by atoms with Crippen LogP contribution in [0, 0.1) is 0 Å². The van der Waals surface area contributed by atoms with Crippen LogP contribution in [0.3, 0.4) is 0 Å². The number of hydrogen-bond acceptors (Lipinski definition) is 3. The second-order valence-electron chi connectivity index (χ2n) is 4.09. The van der Waals surface area contributed by atoms with Crippen molar-refractivity contribution in [2.24, 2.45) is 0 Å². The Labute approximate surface area is 87.2 Å². The Morgan fingerprint density at radius 3 is 2.64 bits per heavy atom. The molecule has 0 spiro atoms. The van der Waals surface area contributed by atoms with E-state index in [0.717, 1.165) is 25.8 Å². The summed E-state index contributed by atoms with van der Waals surface area (Å²) in [7, 11) is -2.77. The molecule has 1 aliphatic rings. The van der Waals surface area contributed by atoms with E-state index in [1.807, 2.05) is 6.92 Å². The molecule has 1 aliphatic heterocycles. The Bertz CT molecular complexity index is 243. The van der Waals surface area contributed by atoms with E-state index in [1.165, 1.54) is 12.8 Å². The van der Waals surface area contributed by atoms with Gasteiger partial charge in [0.15, 0.2) is 0 Å². The van der Waals surface area contributed by atoms with Crippen LogP contribution >= 0.6 is 0 Å². The minimum Gasteiger partial charge on any atom is -0.314 e. The van der Waals surface area contributed by atoms with Crippen molar-refractivity contribution < 1.29 is 8.42 Å². The second-order valence-corrected chi connectivity index (χ2v) is 6.39. The minimum atomic E-state index is -2.77. The molecule has 0 aromatic heterocycles. The molecule has 3 nitrogen and oxygen atoms in total. The molecule has 1 fully saturated rings. The first-order valence-electron chi connectivity index (χ1n) is 5.58. The van der Waals surface area contributed by atoms with E-state index in [1.54, 1.807) is 0 Å². The zero-order valence-electron chi connectivity index (χ0n) is 8.96. The third-order valence-corrected chi connectivity index (χ3v) is 4.59. The molecule has 4 heteroatoms. The highest BCUT2D eigenvalue weighted by atomic mass is 32.2. The normalized spacial score (nSPS) is 23.6. The Kier molecular flexibility index (Phi) is 4.89. The molecule has 0 aromatic carbocycles. The van der Waals surface area contributed by atoms with E-state index in [2.05, 4.69) is 5.32 Å². The number of sulfone groups is 1. The highest BCUT2D eigenvalue weighted by Crippen LogP contribution is 2.11. The fourth-order valence-corrected chi connectivity index (χ4v) is 3.38. The first kappa shape index (κ1) is 12.0. The van der Waals surface area contributed by atoms with Crippen LogP contribution in [-0.2, 0) is 9.84 Å². The Balaban J connectivity index is 2.24. The van der Waals surface area contributed by atoms with Crippen LogP contribution in [0.1, 0.15) is 39.0 Å². The summed E-state index contributed by atoms with van der Waals surface area (Å²) in [5.41, 5.74) is 0.